The van der Waals surface area contributed by atoms with Crippen molar-refractivity contribution in [3.63, 3.8) is 0 Å². The first-order chi connectivity index (χ1) is 13.9. The third-order valence-corrected chi connectivity index (χ3v) is 4.74. The molecule has 0 saturated carbocycles. The largest absolute Gasteiger partial charge is 0.349 e. The molecule has 2 amide bonds. The summed E-state index contributed by atoms with van der Waals surface area (Å²) < 4.78 is 1.79. The molecule has 1 unspecified atom stereocenters. The van der Waals surface area contributed by atoms with Gasteiger partial charge in [0.05, 0.1) is 24.3 Å². The quantitative estimate of drug-likeness (QED) is 0.672. The van der Waals surface area contributed by atoms with Gasteiger partial charge < -0.3 is 10.2 Å². The van der Waals surface area contributed by atoms with Gasteiger partial charge in [-0.15, -0.1) is 0 Å². The third kappa shape index (κ3) is 5.54. The smallest absolute Gasteiger partial charge is 0.225 e. The molecule has 2 aromatic carbocycles. The summed E-state index contributed by atoms with van der Waals surface area (Å²) in [6.07, 6.45) is 3.89. The van der Waals surface area contributed by atoms with Gasteiger partial charge in [0.1, 0.15) is 0 Å². The highest BCUT2D eigenvalue weighted by Crippen LogP contribution is 2.19. The summed E-state index contributed by atoms with van der Waals surface area (Å²) in [6.45, 7) is 3.92. The van der Waals surface area contributed by atoms with Gasteiger partial charge in [0.15, 0.2) is 0 Å². The topological polar surface area (TPSA) is 67.2 Å². The third-order valence-electron chi connectivity index (χ3n) is 4.74. The molecule has 6 heteroatoms. The zero-order chi connectivity index (χ0) is 20.8. The predicted molar refractivity (Wildman–Crippen MR) is 112 cm³/mol. The number of aryl methyl sites for hydroxylation is 1. The van der Waals surface area contributed by atoms with E-state index in [1.165, 1.54) is 6.92 Å². The molecule has 1 heterocycles. The first kappa shape index (κ1) is 20.3. The zero-order valence-corrected chi connectivity index (χ0v) is 17.0. The Morgan fingerprint density at radius 2 is 1.79 bits per heavy atom. The number of nitrogens with zero attached hydrogens (tertiary/aromatic N) is 3. The maximum absolute atomic E-state index is 12.8. The monoisotopic (exact) mass is 390 g/mol. The van der Waals surface area contributed by atoms with Gasteiger partial charge in [0.2, 0.25) is 11.8 Å². The second-order valence-corrected chi connectivity index (χ2v) is 7.25. The van der Waals surface area contributed by atoms with Crippen molar-refractivity contribution in [2.75, 3.05) is 7.05 Å². The van der Waals surface area contributed by atoms with Crippen LogP contribution in [0.5, 0.6) is 0 Å². The summed E-state index contributed by atoms with van der Waals surface area (Å²) in [5.74, 6) is -0.202. The van der Waals surface area contributed by atoms with Gasteiger partial charge in [0.25, 0.3) is 0 Å². The molecule has 0 spiro atoms. The van der Waals surface area contributed by atoms with Crippen LogP contribution in [0.4, 0.5) is 0 Å². The average molecular weight is 390 g/mol. The number of hydrogen-bond donors (Lipinski definition) is 1. The Morgan fingerprint density at radius 3 is 2.45 bits per heavy atom. The van der Waals surface area contributed by atoms with Crippen molar-refractivity contribution >= 4 is 11.8 Å². The van der Waals surface area contributed by atoms with Crippen molar-refractivity contribution in [3.05, 3.63) is 83.7 Å². The minimum atomic E-state index is -0.352. The first-order valence-corrected chi connectivity index (χ1v) is 9.59. The van der Waals surface area contributed by atoms with Crippen LogP contribution >= 0.6 is 0 Å². The fraction of sp³-hybridized carbons (Fsp3) is 0.261. The van der Waals surface area contributed by atoms with E-state index in [0.717, 1.165) is 22.4 Å². The van der Waals surface area contributed by atoms with E-state index < -0.39 is 0 Å². The van der Waals surface area contributed by atoms with E-state index in [4.69, 9.17) is 0 Å². The summed E-state index contributed by atoms with van der Waals surface area (Å²) in [4.78, 5) is 26.1. The fourth-order valence-corrected chi connectivity index (χ4v) is 3.15. The number of amides is 2. The van der Waals surface area contributed by atoms with Crippen LogP contribution in [0.25, 0.3) is 5.69 Å². The van der Waals surface area contributed by atoms with Crippen LogP contribution < -0.4 is 5.32 Å². The molecule has 0 aliphatic rings. The number of carbonyl (C=O) groups is 2. The van der Waals surface area contributed by atoms with Crippen molar-refractivity contribution in [1.29, 1.82) is 0 Å². The van der Waals surface area contributed by atoms with Crippen molar-refractivity contribution in [2.24, 2.45) is 0 Å². The molecule has 6 nitrogen and oxygen atoms in total. The summed E-state index contributed by atoms with van der Waals surface area (Å²) >= 11 is 0. The van der Waals surface area contributed by atoms with E-state index in [1.807, 2.05) is 67.7 Å². The van der Waals surface area contributed by atoms with Crippen LogP contribution in [0.1, 0.15) is 36.1 Å². The molecular weight excluding hydrogens is 364 g/mol. The predicted octanol–water partition coefficient (Wildman–Crippen LogP) is 3.41. The zero-order valence-electron chi connectivity index (χ0n) is 17.0. The molecule has 1 N–H and O–H groups in total. The van der Waals surface area contributed by atoms with Gasteiger partial charge >= 0.3 is 0 Å². The highest BCUT2D eigenvalue weighted by atomic mass is 16.2. The van der Waals surface area contributed by atoms with Crippen molar-refractivity contribution in [1.82, 2.24) is 20.0 Å². The van der Waals surface area contributed by atoms with Crippen molar-refractivity contribution in [2.45, 2.75) is 32.9 Å². The lowest BCUT2D eigenvalue weighted by Crippen LogP contribution is -2.33. The van der Waals surface area contributed by atoms with Crippen molar-refractivity contribution in [3.8, 4) is 5.69 Å². The second kappa shape index (κ2) is 9.19. The lowest BCUT2D eigenvalue weighted by atomic mass is 10.0. The van der Waals surface area contributed by atoms with Crippen molar-refractivity contribution < 1.29 is 9.59 Å². The fourth-order valence-electron chi connectivity index (χ4n) is 3.15. The molecule has 1 aromatic heterocycles. The lowest BCUT2D eigenvalue weighted by Gasteiger charge is -2.22. The van der Waals surface area contributed by atoms with E-state index in [0.29, 0.717) is 6.54 Å². The van der Waals surface area contributed by atoms with Gasteiger partial charge in [-0.25, -0.2) is 4.68 Å². The maximum Gasteiger partial charge on any atom is 0.225 e. The highest BCUT2D eigenvalue weighted by Gasteiger charge is 2.20. The number of carbonyl (C=O) groups excluding carboxylic acids is 2. The molecule has 3 rings (SSSR count). The highest BCUT2D eigenvalue weighted by molar-refractivity contribution is 5.79. The van der Waals surface area contributed by atoms with Crippen LogP contribution in [-0.2, 0) is 16.1 Å². The normalized spacial score (nSPS) is 11.7. The first-order valence-electron chi connectivity index (χ1n) is 9.59. The Hall–Kier alpha value is -3.41. The number of nitrogens with one attached hydrogen (secondary N) is 1. The van der Waals surface area contributed by atoms with Gasteiger partial charge in [0, 0.05) is 32.3 Å². The van der Waals surface area contributed by atoms with E-state index in [1.54, 1.807) is 22.8 Å². The lowest BCUT2D eigenvalue weighted by molar-refractivity contribution is -0.131. The average Bonchev–Trinajstić information content (AvgIpc) is 3.17. The molecule has 150 valence electrons. The van der Waals surface area contributed by atoms with Crippen LogP contribution in [0.15, 0.2) is 67.0 Å². The van der Waals surface area contributed by atoms with Gasteiger partial charge in [-0.1, -0.05) is 48.0 Å². The SMILES string of the molecule is CC(=O)NC(CC(=O)N(C)Cc1cnn(-c2ccccc2)c1)c1ccc(C)cc1. The van der Waals surface area contributed by atoms with Crippen LogP contribution in [0.3, 0.4) is 0 Å². The Bertz CT molecular complexity index is 964. The standard InChI is InChI=1S/C23H26N4O2/c1-17-9-11-20(12-10-17)22(25-18(2)28)13-23(29)26(3)15-19-14-24-27(16-19)21-7-5-4-6-8-21/h4-12,14,16,22H,13,15H2,1-3H3,(H,25,28). The molecule has 0 fully saturated rings. The van der Waals surface area contributed by atoms with Crippen LogP contribution in [0.2, 0.25) is 0 Å². The molecule has 0 radical (unpaired) electrons. The Kier molecular flexibility index (Phi) is 6.44. The number of hydrogen-bond acceptors (Lipinski definition) is 3. The van der Waals surface area contributed by atoms with Gasteiger partial charge in [-0.3, -0.25) is 9.59 Å². The maximum atomic E-state index is 12.8. The Labute approximate surface area is 171 Å². The summed E-state index contributed by atoms with van der Waals surface area (Å²) in [6, 6.07) is 17.3. The van der Waals surface area contributed by atoms with Crippen LogP contribution in [0, 0.1) is 6.92 Å². The molecule has 0 saturated heterocycles. The molecule has 1 atom stereocenters. The number of rotatable bonds is 7. The second-order valence-electron chi connectivity index (χ2n) is 7.25. The van der Waals surface area contributed by atoms with E-state index >= 15 is 0 Å². The number of aromatic nitrogens is 2. The van der Waals surface area contributed by atoms with Gasteiger partial charge in [-0.05, 0) is 24.6 Å². The molecule has 3 aromatic rings. The number of para-hydroxylation sites is 1. The summed E-state index contributed by atoms with van der Waals surface area (Å²) in [5.41, 5.74) is 3.97. The minimum Gasteiger partial charge on any atom is -0.349 e. The van der Waals surface area contributed by atoms with E-state index in [-0.39, 0.29) is 24.3 Å². The molecular formula is C23H26N4O2. The van der Waals surface area contributed by atoms with E-state index in [2.05, 4.69) is 10.4 Å². The van der Waals surface area contributed by atoms with Crippen LogP contribution in [-0.4, -0.2) is 33.5 Å². The molecule has 0 aliphatic carbocycles. The Morgan fingerprint density at radius 1 is 1.10 bits per heavy atom. The summed E-state index contributed by atoms with van der Waals surface area (Å²) in [5, 5.41) is 7.26. The summed E-state index contributed by atoms with van der Waals surface area (Å²) in [7, 11) is 1.77. The van der Waals surface area contributed by atoms with Gasteiger partial charge in [-0.2, -0.15) is 5.10 Å². The number of benzene rings is 2. The van der Waals surface area contributed by atoms with E-state index in [9.17, 15) is 9.59 Å². The molecule has 29 heavy (non-hydrogen) atoms. The molecule has 0 aliphatic heterocycles. The Balaban J connectivity index is 1.66. The molecule has 0 bridgehead atoms. The minimum absolute atomic E-state index is 0.0446.